The summed E-state index contributed by atoms with van der Waals surface area (Å²) in [5.41, 5.74) is 0.747. The van der Waals surface area contributed by atoms with E-state index in [0.717, 1.165) is 39.8 Å². The second-order valence-corrected chi connectivity index (χ2v) is 8.26. The lowest BCUT2D eigenvalue weighted by molar-refractivity contribution is -0.144. The monoisotopic (exact) mass is 436 g/mol. The number of amides is 4. The maximum Gasteiger partial charge on any atom is 0.334 e. The van der Waals surface area contributed by atoms with Gasteiger partial charge in [0.15, 0.2) is 11.5 Å². The fourth-order valence-electron chi connectivity index (χ4n) is 4.50. The van der Waals surface area contributed by atoms with Gasteiger partial charge in [0.05, 0.1) is 12.6 Å². The number of ether oxygens (including phenoxy) is 2. The number of fused-ring (bicyclic) bond motifs is 1. The molecule has 0 bridgehead atoms. The van der Waals surface area contributed by atoms with Crippen LogP contribution < -0.4 is 9.47 Å². The number of pyridine rings is 1. The number of nitrogens with zero attached hydrogens (tertiary/aromatic N) is 4. The molecule has 32 heavy (non-hydrogen) atoms. The molecule has 3 aliphatic heterocycles. The lowest BCUT2D eigenvalue weighted by Crippen LogP contribution is -2.53. The number of hydrogen-bond donors (Lipinski definition) is 0. The lowest BCUT2D eigenvalue weighted by atomic mass is 10.0. The summed E-state index contributed by atoms with van der Waals surface area (Å²) < 4.78 is 11.9. The Labute approximate surface area is 185 Å². The molecule has 0 unspecified atom stereocenters. The predicted molar refractivity (Wildman–Crippen MR) is 113 cm³/mol. The summed E-state index contributed by atoms with van der Waals surface area (Å²) in [6.07, 6.45) is 4.54. The van der Waals surface area contributed by atoms with Gasteiger partial charge in [0.2, 0.25) is 0 Å². The van der Waals surface area contributed by atoms with Crippen LogP contribution in [0.5, 0.6) is 11.5 Å². The summed E-state index contributed by atoms with van der Waals surface area (Å²) >= 11 is 0. The Hall–Kier alpha value is -3.46. The number of likely N-dealkylation sites (tertiary alicyclic amines) is 1. The van der Waals surface area contributed by atoms with E-state index in [4.69, 9.17) is 9.47 Å². The van der Waals surface area contributed by atoms with E-state index in [1.165, 1.54) is 0 Å². The first kappa shape index (κ1) is 20.4. The van der Waals surface area contributed by atoms with Crippen molar-refractivity contribution in [3.63, 3.8) is 0 Å². The number of carbonyl (C=O) groups is 3. The summed E-state index contributed by atoms with van der Waals surface area (Å²) in [5.74, 6) is -0.0625. The van der Waals surface area contributed by atoms with Crippen LogP contribution in [-0.2, 0) is 16.1 Å². The molecule has 0 N–H and O–H groups in total. The standard InChI is InChI=1S/C23H24N4O5/c28-21-22(29)27(23(30)26(21)12-16-7-9-24-10-8-16)17-4-3-11-25(13-17)14-18-15-31-19-5-1-2-6-20(19)32-18/h1-2,5-10,17-18H,3-4,11-15H2/t17-,18-/m0/s1. The first-order valence-corrected chi connectivity index (χ1v) is 10.8. The first-order chi connectivity index (χ1) is 15.6. The lowest BCUT2D eigenvalue weighted by Gasteiger charge is -2.38. The van der Waals surface area contributed by atoms with E-state index in [-0.39, 0.29) is 18.7 Å². The van der Waals surface area contributed by atoms with E-state index >= 15 is 0 Å². The molecule has 2 atom stereocenters. The van der Waals surface area contributed by atoms with Crippen LogP contribution in [0.1, 0.15) is 18.4 Å². The van der Waals surface area contributed by atoms with E-state index in [9.17, 15) is 14.4 Å². The number of piperidine rings is 1. The molecule has 3 aliphatic rings. The number of benzene rings is 1. The third-order valence-electron chi connectivity index (χ3n) is 6.05. The molecule has 4 heterocycles. The molecule has 0 saturated carbocycles. The van der Waals surface area contributed by atoms with Gasteiger partial charge in [0.1, 0.15) is 12.7 Å². The molecule has 9 heteroatoms. The highest BCUT2D eigenvalue weighted by molar-refractivity contribution is 6.44. The van der Waals surface area contributed by atoms with Gasteiger partial charge < -0.3 is 9.47 Å². The number of carbonyl (C=O) groups excluding carboxylic acids is 3. The van der Waals surface area contributed by atoms with Crippen molar-refractivity contribution in [2.75, 3.05) is 26.2 Å². The third kappa shape index (κ3) is 3.91. The maximum atomic E-state index is 13.0. The molecule has 2 saturated heterocycles. The van der Waals surface area contributed by atoms with Gasteiger partial charge >= 0.3 is 17.8 Å². The summed E-state index contributed by atoms with van der Waals surface area (Å²) in [6, 6.07) is 10.1. The summed E-state index contributed by atoms with van der Waals surface area (Å²) in [4.78, 5) is 46.5. The molecule has 0 spiro atoms. The van der Waals surface area contributed by atoms with Crippen molar-refractivity contribution in [3.8, 4) is 11.5 Å². The molecule has 9 nitrogen and oxygen atoms in total. The van der Waals surface area contributed by atoms with Gasteiger partial charge in [-0.1, -0.05) is 12.1 Å². The predicted octanol–water partition coefficient (Wildman–Crippen LogP) is 1.68. The number of urea groups is 1. The molecule has 1 aromatic carbocycles. The van der Waals surface area contributed by atoms with E-state index in [1.54, 1.807) is 24.5 Å². The van der Waals surface area contributed by atoms with Gasteiger partial charge in [-0.3, -0.25) is 29.3 Å². The van der Waals surface area contributed by atoms with Crippen LogP contribution in [0.25, 0.3) is 0 Å². The molecule has 166 valence electrons. The molecular weight excluding hydrogens is 412 g/mol. The maximum absolute atomic E-state index is 13.0. The molecular formula is C23H24N4O5. The smallest absolute Gasteiger partial charge is 0.334 e. The number of para-hydroxylation sites is 2. The van der Waals surface area contributed by atoms with E-state index in [0.29, 0.717) is 26.1 Å². The summed E-state index contributed by atoms with van der Waals surface area (Å²) in [5, 5.41) is 0. The van der Waals surface area contributed by atoms with Crippen molar-refractivity contribution in [2.24, 2.45) is 0 Å². The average molecular weight is 436 g/mol. The Bertz CT molecular complexity index is 1030. The van der Waals surface area contributed by atoms with E-state index in [1.807, 2.05) is 24.3 Å². The summed E-state index contributed by atoms with van der Waals surface area (Å²) in [6.45, 7) is 2.47. The molecule has 0 aliphatic carbocycles. The highest BCUT2D eigenvalue weighted by Crippen LogP contribution is 2.31. The number of imide groups is 2. The highest BCUT2D eigenvalue weighted by atomic mass is 16.6. The SMILES string of the molecule is O=C1C(=O)N([C@H]2CCCN(C[C@H]3COc4ccccc4O3)C2)C(=O)N1Cc1ccncc1. The van der Waals surface area contributed by atoms with Crippen molar-refractivity contribution in [3.05, 3.63) is 54.4 Å². The number of hydrogen-bond acceptors (Lipinski definition) is 7. The Kier molecular flexibility index (Phi) is 5.48. The Morgan fingerprint density at radius 1 is 1.00 bits per heavy atom. The Morgan fingerprint density at radius 3 is 2.59 bits per heavy atom. The Morgan fingerprint density at radius 2 is 1.78 bits per heavy atom. The van der Waals surface area contributed by atoms with Gasteiger partial charge in [-0.25, -0.2) is 4.79 Å². The second kappa shape index (κ2) is 8.58. The van der Waals surface area contributed by atoms with Crippen LogP contribution in [0.4, 0.5) is 4.79 Å². The second-order valence-electron chi connectivity index (χ2n) is 8.26. The van der Waals surface area contributed by atoms with Crippen LogP contribution in [0.2, 0.25) is 0 Å². The van der Waals surface area contributed by atoms with Crippen molar-refractivity contribution >= 4 is 17.8 Å². The van der Waals surface area contributed by atoms with Crippen LogP contribution in [0, 0.1) is 0 Å². The zero-order valence-electron chi connectivity index (χ0n) is 17.6. The van der Waals surface area contributed by atoms with E-state index < -0.39 is 17.8 Å². The Balaban J connectivity index is 1.23. The fraction of sp³-hybridized carbons (Fsp3) is 0.391. The highest BCUT2D eigenvalue weighted by Gasteiger charge is 2.48. The van der Waals surface area contributed by atoms with Crippen molar-refractivity contribution in [1.82, 2.24) is 19.7 Å². The molecule has 2 fully saturated rings. The number of rotatable bonds is 5. The van der Waals surface area contributed by atoms with Gasteiger partial charge in [-0.2, -0.15) is 0 Å². The molecule has 0 radical (unpaired) electrons. The minimum absolute atomic E-state index is 0.0610. The van der Waals surface area contributed by atoms with Crippen molar-refractivity contribution in [1.29, 1.82) is 0 Å². The van der Waals surface area contributed by atoms with Crippen LogP contribution in [0.15, 0.2) is 48.8 Å². The topological polar surface area (TPSA) is 92.3 Å². The average Bonchev–Trinajstić information content (AvgIpc) is 3.03. The minimum Gasteiger partial charge on any atom is -0.486 e. The van der Waals surface area contributed by atoms with Gasteiger partial charge in [-0.15, -0.1) is 0 Å². The quantitative estimate of drug-likeness (QED) is 0.520. The van der Waals surface area contributed by atoms with Crippen LogP contribution >= 0.6 is 0 Å². The van der Waals surface area contributed by atoms with Gasteiger partial charge in [0.25, 0.3) is 0 Å². The zero-order chi connectivity index (χ0) is 22.1. The van der Waals surface area contributed by atoms with Crippen LogP contribution in [0.3, 0.4) is 0 Å². The molecule has 4 amide bonds. The minimum atomic E-state index is -0.774. The summed E-state index contributed by atoms with van der Waals surface area (Å²) in [7, 11) is 0. The van der Waals surface area contributed by atoms with Crippen molar-refractivity contribution in [2.45, 2.75) is 31.5 Å². The third-order valence-corrected chi connectivity index (χ3v) is 6.05. The molecule has 5 rings (SSSR count). The first-order valence-electron chi connectivity index (χ1n) is 10.8. The normalized spacial score (nSPS) is 23.7. The zero-order valence-corrected chi connectivity index (χ0v) is 17.6. The van der Waals surface area contributed by atoms with Crippen LogP contribution in [-0.4, -0.2) is 75.9 Å². The largest absolute Gasteiger partial charge is 0.486 e. The molecule has 2 aromatic rings. The van der Waals surface area contributed by atoms with Gasteiger partial charge in [-0.05, 0) is 49.2 Å². The molecule has 1 aromatic heterocycles. The van der Waals surface area contributed by atoms with E-state index in [2.05, 4.69) is 9.88 Å². The van der Waals surface area contributed by atoms with Crippen molar-refractivity contribution < 1.29 is 23.9 Å². The van der Waals surface area contributed by atoms with Gasteiger partial charge in [0, 0.05) is 25.5 Å². The number of aromatic nitrogens is 1. The fourth-order valence-corrected chi connectivity index (χ4v) is 4.50.